The molecule has 0 saturated heterocycles. The normalized spacial score (nSPS) is 15.0. The fourth-order valence-corrected chi connectivity index (χ4v) is 2.10. The maximum atomic E-state index is 13.2. The standard InChI is InChI=1S/C15H23F3N2/c1-5-11(3)20(4)13-7-6-12(8-10(2)19)14(9-13)15(16,17)18/h6-7,9-11H,5,8,19H2,1-4H3. The zero-order valence-electron chi connectivity index (χ0n) is 12.5. The van der Waals surface area contributed by atoms with Gasteiger partial charge < -0.3 is 10.6 Å². The van der Waals surface area contributed by atoms with Gasteiger partial charge in [0, 0.05) is 24.8 Å². The minimum absolute atomic E-state index is 0.190. The Morgan fingerprint density at radius 3 is 2.30 bits per heavy atom. The van der Waals surface area contributed by atoms with Gasteiger partial charge in [0.25, 0.3) is 0 Å². The van der Waals surface area contributed by atoms with Crippen molar-refractivity contribution in [3.63, 3.8) is 0 Å². The fraction of sp³-hybridized carbons (Fsp3) is 0.600. The van der Waals surface area contributed by atoms with Crippen LogP contribution in [-0.4, -0.2) is 19.1 Å². The zero-order valence-corrected chi connectivity index (χ0v) is 12.5. The summed E-state index contributed by atoms with van der Waals surface area (Å²) in [7, 11) is 1.81. The highest BCUT2D eigenvalue weighted by Gasteiger charge is 2.34. The minimum atomic E-state index is -4.35. The lowest BCUT2D eigenvalue weighted by atomic mass is 9.99. The first-order chi connectivity index (χ1) is 9.16. The second-order valence-corrected chi connectivity index (χ2v) is 5.39. The highest BCUT2D eigenvalue weighted by molar-refractivity contribution is 5.52. The summed E-state index contributed by atoms with van der Waals surface area (Å²) in [5, 5.41) is 0. The molecule has 0 aliphatic heterocycles. The first kappa shape index (κ1) is 16.8. The number of alkyl halides is 3. The molecule has 0 radical (unpaired) electrons. The lowest BCUT2D eigenvalue weighted by Crippen LogP contribution is -2.28. The lowest BCUT2D eigenvalue weighted by molar-refractivity contribution is -0.138. The Hall–Kier alpha value is -1.23. The molecule has 0 saturated carbocycles. The van der Waals surface area contributed by atoms with Gasteiger partial charge in [0.2, 0.25) is 0 Å². The Bertz CT molecular complexity index is 441. The summed E-state index contributed by atoms with van der Waals surface area (Å²) in [4.78, 5) is 1.87. The summed E-state index contributed by atoms with van der Waals surface area (Å²) >= 11 is 0. The second kappa shape index (κ2) is 6.48. The lowest BCUT2D eigenvalue weighted by Gasteiger charge is -2.27. The van der Waals surface area contributed by atoms with Crippen molar-refractivity contribution in [1.82, 2.24) is 0 Å². The van der Waals surface area contributed by atoms with Crippen LogP contribution in [0.2, 0.25) is 0 Å². The largest absolute Gasteiger partial charge is 0.416 e. The molecule has 1 rings (SSSR count). The predicted molar refractivity (Wildman–Crippen MR) is 77.0 cm³/mol. The van der Waals surface area contributed by atoms with E-state index in [-0.39, 0.29) is 24.1 Å². The van der Waals surface area contributed by atoms with Gasteiger partial charge in [0.1, 0.15) is 0 Å². The summed E-state index contributed by atoms with van der Waals surface area (Å²) in [5.41, 5.74) is 5.89. The van der Waals surface area contributed by atoms with Gasteiger partial charge >= 0.3 is 6.18 Å². The molecule has 0 heterocycles. The highest BCUT2D eigenvalue weighted by atomic mass is 19.4. The molecule has 0 aliphatic carbocycles. The number of benzene rings is 1. The Morgan fingerprint density at radius 1 is 1.25 bits per heavy atom. The molecule has 1 aromatic carbocycles. The van der Waals surface area contributed by atoms with Gasteiger partial charge in [-0.15, -0.1) is 0 Å². The third kappa shape index (κ3) is 4.13. The van der Waals surface area contributed by atoms with Crippen molar-refractivity contribution in [1.29, 1.82) is 0 Å². The van der Waals surface area contributed by atoms with Gasteiger partial charge in [-0.1, -0.05) is 13.0 Å². The van der Waals surface area contributed by atoms with E-state index in [1.807, 2.05) is 25.8 Å². The van der Waals surface area contributed by atoms with E-state index >= 15 is 0 Å². The van der Waals surface area contributed by atoms with Crippen molar-refractivity contribution in [2.45, 2.75) is 51.9 Å². The van der Waals surface area contributed by atoms with E-state index in [1.54, 1.807) is 19.1 Å². The molecule has 0 aliphatic rings. The second-order valence-electron chi connectivity index (χ2n) is 5.39. The summed E-state index contributed by atoms with van der Waals surface area (Å²) < 4.78 is 39.5. The van der Waals surface area contributed by atoms with Gasteiger partial charge in [-0.25, -0.2) is 0 Å². The number of nitrogens with zero attached hydrogens (tertiary/aromatic N) is 1. The number of rotatable bonds is 5. The third-order valence-corrected chi connectivity index (χ3v) is 3.60. The van der Waals surface area contributed by atoms with E-state index in [9.17, 15) is 13.2 Å². The van der Waals surface area contributed by atoms with Crippen LogP contribution in [0.5, 0.6) is 0 Å². The van der Waals surface area contributed by atoms with Crippen molar-refractivity contribution in [2.75, 3.05) is 11.9 Å². The average Bonchev–Trinajstić information content (AvgIpc) is 2.35. The Morgan fingerprint density at radius 2 is 1.85 bits per heavy atom. The monoisotopic (exact) mass is 288 g/mol. The van der Waals surface area contributed by atoms with Crippen LogP contribution >= 0.6 is 0 Å². The van der Waals surface area contributed by atoms with E-state index in [0.29, 0.717) is 5.69 Å². The number of nitrogens with two attached hydrogens (primary N) is 1. The highest BCUT2D eigenvalue weighted by Crippen LogP contribution is 2.35. The first-order valence-electron chi connectivity index (χ1n) is 6.85. The molecule has 5 heteroatoms. The molecule has 2 nitrogen and oxygen atoms in total. The van der Waals surface area contributed by atoms with E-state index in [2.05, 4.69) is 0 Å². The molecule has 2 unspecified atom stereocenters. The van der Waals surface area contributed by atoms with E-state index in [0.717, 1.165) is 6.42 Å². The topological polar surface area (TPSA) is 29.3 Å². The summed E-state index contributed by atoms with van der Waals surface area (Å²) in [6.07, 6.45) is -3.25. The quantitative estimate of drug-likeness (QED) is 0.892. The molecular formula is C15H23F3N2. The Balaban J connectivity index is 3.21. The molecule has 0 amide bonds. The van der Waals surface area contributed by atoms with Crippen LogP contribution in [-0.2, 0) is 12.6 Å². The summed E-state index contributed by atoms with van der Waals surface area (Å²) in [5.74, 6) is 0. The van der Waals surface area contributed by atoms with E-state index in [1.165, 1.54) is 6.07 Å². The van der Waals surface area contributed by atoms with Gasteiger partial charge in [0.15, 0.2) is 0 Å². The molecule has 0 fully saturated rings. The molecule has 2 N–H and O–H groups in total. The van der Waals surface area contributed by atoms with Crippen molar-refractivity contribution in [3.05, 3.63) is 29.3 Å². The maximum absolute atomic E-state index is 13.2. The van der Waals surface area contributed by atoms with Crippen LogP contribution in [0.25, 0.3) is 0 Å². The van der Waals surface area contributed by atoms with Crippen molar-refractivity contribution < 1.29 is 13.2 Å². The number of hydrogen-bond acceptors (Lipinski definition) is 2. The molecule has 20 heavy (non-hydrogen) atoms. The number of anilines is 1. The third-order valence-electron chi connectivity index (χ3n) is 3.60. The maximum Gasteiger partial charge on any atom is 0.416 e. The number of hydrogen-bond donors (Lipinski definition) is 1. The van der Waals surface area contributed by atoms with E-state index in [4.69, 9.17) is 5.73 Å². The van der Waals surface area contributed by atoms with Crippen molar-refractivity contribution >= 4 is 5.69 Å². The first-order valence-corrected chi connectivity index (χ1v) is 6.85. The molecule has 0 spiro atoms. The Kier molecular flexibility index (Phi) is 5.45. The van der Waals surface area contributed by atoms with Crippen LogP contribution in [0, 0.1) is 0 Å². The molecule has 114 valence electrons. The Labute approximate surface area is 118 Å². The van der Waals surface area contributed by atoms with E-state index < -0.39 is 11.7 Å². The summed E-state index contributed by atoms with van der Waals surface area (Å²) in [6, 6.07) is 4.40. The van der Waals surface area contributed by atoms with Crippen LogP contribution in [0.4, 0.5) is 18.9 Å². The van der Waals surface area contributed by atoms with Crippen LogP contribution < -0.4 is 10.6 Å². The molecule has 0 bridgehead atoms. The number of halogens is 3. The smallest absolute Gasteiger partial charge is 0.372 e. The SMILES string of the molecule is CCC(C)N(C)c1ccc(CC(C)N)c(C(F)(F)F)c1. The predicted octanol–water partition coefficient (Wildman–Crippen LogP) is 3.83. The van der Waals surface area contributed by atoms with Gasteiger partial charge in [0.05, 0.1) is 5.56 Å². The van der Waals surface area contributed by atoms with Crippen LogP contribution in [0.1, 0.15) is 38.3 Å². The van der Waals surface area contributed by atoms with Crippen LogP contribution in [0.15, 0.2) is 18.2 Å². The van der Waals surface area contributed by atoms with Gasteiger partial charge in [-0.3, -0.25) is 0 Å². The van der Waals surface area contributed by atoms with Gasteiger partial charge in [-0.05, 0) is 44.4 Å². The minimum Gasteiger partial charge on any atom is -0.372 e. The van der Waals surface area contributed by atoms with Gasteiger partial charge in [-0.2, -0.15) is 13.2 Å². The fourth-order valence-electron chi connectivity index (χ4n) is 2.10. The molecular weight excluding hydrogens is 265 g/mol. The molecule has 2 atom stereocenters. The average molecular weight is 288 g/mol. The summed E-state index contributed by atoms with van der Waals surface area (Å²) in [6.45, 7) is 5.71. The zero-order chi connectivity index (χ0) is 15.5. The van der Waals surface area contributed by atoms with Crippen molar-refractivity contribution in [3.8, 4) is 0 Å². The van der Waals surface area contributed by atoms with Crippen molar-refractivity contribution in [2.24, 2.45) is 5.73 Å². The van der Waals surface area contributed by atoms with Crippen LogP contribution in [0.3, 0.4) is 0 Å². The molecule has 0 aromatic heterocycles. The molecule has 1 aromatic rings.